The van der Waals surface area contributed by atoms with Crippen LogP contribution in [0.4, 0.5) is 0 Å². The lowest BCUT2D eigenvalue weighted by molar-refractivity contribution is -0.138. The molecule has 0 amide bonds. The van der Waals surface area contributed by atoms with Crippen molar-refractivity contribution in [3.05, 3.63) is 70.1 Å². The minimum atomic E-state index is -0.760. The summed E-state index contributed by atoms with van der Waals surface area (Å²) < 4.78 is 12.6. The maximum atomic E-state index is 13.4. The molecule has 1 heterocycles. The largest absolute Gasteiger partial charge is 0.505 e. The van der Waals surface area contributed by atoms with Gasteiger partial charge in [-0.2, -0.15) is 0 Å². The quantitative estimate of drug-likeness (QED) is 0.0661. The third-order valence-electron chi connectivity index (χ3n) is 7.13. The molecule has 0 fully saturated rings. The van der Waals surface area contributed by atoms with Gasteiger partial charge in [0.2, 0.25) is 5.43 Å². The van der Waals surface area contributed by atoms with Gasteiger partial charge in [-0.15, -0.1) is 0 Å². The number of carbonyl (C=O) groups is 2. The molecule has 0 bridgehead atoms. The third-order valence-corrected chi connectivity index (χ3v) is 9.78. The number of phenols is 1. The Bertz CT molecular complexity index is 1640. The summed E-state index contributed by atoms with van der Waals surface area (Å²) in [6.45, 7) is 2.21. The van der Waals surface area contributed by atoms with Crippen molar-refractivity contribution in [3.8, 4) is 28.2 Å². The van der Waals surface area contributed by atoms with E-state index in [9.17, 15) is 19.5 Å². The first-order valence-corrected chi connectivity index (χ1v) is 17.1. The molecule has 0 spiro atoms. The first-order valence-electron chi connectivity index (χ1n) is 14.0. The van der Waals surface area contributed by atoms with Crippen LogP contribution < -0.4 is 5.43 Å². The van der Waals surface area contributed by atoms with Crippen LogP contribution in [-0.4, -0.2) is 17.0 Å². The second-order valence-corrected chi connectivity index (χ2v) is 13.4. The molecule has 6 nitrogen and oxygen atoms in total. The molecule has 2 aromatic rings. The van der Waals surface area contributed by atoms with E-state index < -0.39 is 11.9 Å². The number of hydrogen-bond donors (Lipinski definition) is 1. The normalized spacial score (nSPS) is 11.4. The molecule has 1 N–H and O–H groups in total. The van der Waals surface area contributed by atoms with Gasteiger partial charge in [-0.3, -0.25) is 9.59 Å². The van der Waals surface area contributed by atoms with Crippen molar-refractivity contribution in [3.63, 3.8) is 0 Å². The number of benzene rings is 3. The molecule has 0 unspecified atom stereocenters. The van der Waals surface area contributed by atoms with Crippen LogP contribution in [0, 0.1) is 0 Å². The van der Waals surface area contributed by atoms with Crippen molar-refractivity contribution >= 4 is 86.6 Å². The van der Waals surface area contributed by atoms with E-state index in [0.29, 0.717) is 37.4 Å². The summed E-state index contributed by atoms with van der Waals surface area (Å²) >= 11 is 13.5. The first-order chi connectivity index (χ1) is 20.1. The summed E-state index contributed by atoms with van der Waals surface area (Å²) in [5.74, 6) is -1.17. The second-order valence-electron chi connectivity index (χ2n) is 10.1. The van der Waals surface area contributed by atoms with Crippen molar-refractivity contribution in [2.24, 2.45) is 0 Å². The lowest BCUT2D eigenvalue weighted by Crippen LogP contribution is -2.14. The second kappa shape index (κ2) is 15.1. The standard InChI is InChI=1S/C32H30Br4O6/c1-2-3-4-5-6-7-8-9-10-15-24(37)41-32(40)19-14-12-11-13-18(19)25-20-16-22(33)28(38)26(35)30(20)42-31-21(25)17-23(34)29(39)27(31)36/h11-14,16-17,38H,2-10,15H2,1H3. The molecule has 1 aliphatic carbocycles. The average molecular weight is 830 g/mol. The predicted octanol–water partition coefficient (Wildman–Crippen LogP) is 10.9. The minimum absolute atomic E-state index is 0.0816. The van der Waals surface area contributed by atoms with Gasteiger partial charge in [0.05, 0.1) is 14.5 Å². The third kappa shape index (κ3) is 7.37. The lowest BCUT2D eigenvalue weighted by atomic mass is 9.91. The first kappa shape index (κ1) is 32.9. The Balaban J connectivity index is 1.63. The number of esters is 2. The Kier molecular flexibility index (Phi) is 11.8. The van der Waals surface area contributed by atoms with E-state index in [4.69, 9.17) is 9.15 Å². The molecule has 0 saturated heterocycles. The Hall–Kier alpha value is -2.01. The zero-order valence-electron chi connectivity index (χ0n) is 23.0. The molecule has 222 valence electrons. The molecule has 10 heteroatoms. The lowest BCUT2D eigenvalue weighted by Gasteiger charge is -2.19. The number of fused-ring (bicyclic) bond motifs is 2. The van der Waals surface area contributed by atoms with E-state index in [1.165, 1.54) is 32.1 Å². The molecule has 0 atom stereocenters. The van der Waals surface area contributed by atoms with Gasteiger partial charge in [0, 0.05) is 22.9 Å². The topological polar surface area (TPSA) is 93.8 Å². The highest BCUT2D eigenvalue weighted by Crippen LogP contribution is 2.49. The number of aromatic hydroxyl groups is 1. The van der Waals surface area contributed by atoms with E-state index in [-0.39, 0.29) is 43.5 Å². The highest BCUT2D eigenvalue weighted by molar-refractivity contribution is 9.11. The highest BCUT2D eigenvalue weighted by Gasteiger charge is 2.28. The average Bonchev–Trinajstić information content (AvgIpc) is 2.97. The van der Waals surface area contributed by atoms with Crippen molar-refractivity contribution in [2.75, 3.05) is 0 Å². The molecule has 2 aromatic carbocycles. The summed E-state index contributed by atoms with van der Waals surface area (Å²) in [6.07, 6.45) is 10.2. The van der Waals surface area contributed by atoms with E-state index in [0.717, 1.165) is 19.3 Å². The SMILES string of the molecule is CCCCCCCCCCCC(=O)OC(=O)c1ccccc1-c1c2cc(Br)c(=O)c(Br)c-2oc2c(Br)c(O)c(Br)cc12. The fourth-order valence-corrected chi connectivity index (χ4v) is 7.35. The Morgan fingerprint density at radius 2 is 1.48 bits per heavy atom. The van der Waals surface area contributed by atoms with Gasteiger partial charge in [-0.25, -0.2) is 4.79 Å². The number of ether oxygens (including phenoxy) is 1. The summed E-state index contributed by atoms with van der Waals surface area (Å²) in [4.78, 5) is 38.7. The fourth-order valence-electron chi connectivity index (χ4n) is 4.95. The minimum Gasteiger partial charge on any atom is -0.505 e. The van der Waals surface area contributed by atoms with Gasteiger partial charge in [0.1, 0.15) is 14.7 Å². The van der Waals surface area contributed by atoms with E-state index in [1.807, 2.05) is 0 Å². The van der Waals surface area contributed by atoms with Crippen molar-refractivity contribution in [2.45, 2.75) is 71.1 Å². The number of unbranched alkanes of at least 4 members (excludes halogenated alkanes) is 8. The Morgan fingerprint density at radius 1 is 0.833 bits per heavy atom. The van der Waals surface area contributed by atoms with E-state index in [2.05, 4.69) is 70.6 Å². The smallest absolute Gasteiger partial charge is 0.346 e. The van der Waals surface area contributed by atoms with Crippen LogP contribution >= 0.6 is 63.7 Å². The van der Waals surface area contributed by atoms with E-state index >= 15 is 0 Å². The molecular weight excluding hydrogens is 800 g/mol. The molecule has 0 aromatic heterocycles. The van der Waals surface area contributed by atoms with Crippen molar-refractivity contribution in [1.29, 1.82) is 0 Å². The zero-order chi connectivity index (χ0) is 30.4. The van der Waals surface area contributed by atoms with Crippen LogP contribution in [0.25, 0.3) is 33.4 Å². The van der Waals surface area contributed by atoms with Crippen LogP contribution in [0.1, 0.15) is 81.5 Å². The number of carbonyl (C=O) groups excluding carboxylic acids is 2. The molecule has 42 heavy (non-hydrogen) atoms. The molecule has 2 aliphatic rings. The van der Waals surface area contributed by atoms with Crippen LogP contribution in [0.15, 0.2) is 63.5 Å². The van der Waals surface area contributed by atoms with Gasteiger partial charge in [0.25, 0.3) is 0 Å². The monoisotopic (exact) mass is 826 g/mol. The Labute approximate surface area is 278 Å². The molecular formula is C32H30Br4O6. The number of rotatable bonds is 12. The van der Waals surface area contributed by atoms with E-state index in [1.54, 1.807) is 36.4 Å². The van der Waals surface area contributed by atoms with Gasteiger partial charge < -0.3 is 14.3 Å². The molecule has 0 radical (unpaired) electrons. The maximum Gasteiger partial charge on any atom is 0.346 e. The number of halogens is 4. The van der Waals surface area contributed by atoms with Gasteiger partial charge in [0.15, 0.2) is 11.3 Å². The van der Waals surface area contributed by atoms with Crippen LogP contribution in [0.3, 0.4) is 0 Å². The summed E-state index contributed by atoms with van der Waals surface area (Å²) in [6, 6.07) is 10.1. The number of hydrogen-bond acceptors (Lipinski definition) is 6. The number of phenolic OH excluding ortho intramolecular Hbond substituents is 1. The molecule has 0 saturated carbocycles. The summed E-state index contributed by atoms with van der Waals surface area (Å²) in [7, 11) is 0. The van der Waals surface area contributed by atoms with Crippen molar-refractivity contribution in [1.82, 2.24) is 0 Å². The maximum absolute atomic E-state index is 13.4. The van der Waals surface area contributed by atoms with Gasteiger partial charge in [-0.1, -0.05) is 76.5 Å². The summed E-state index contributed by atoms with van der Waals surface area (Å²) in [5.41, 5.74) is 1.71. The Morgan fingerprint density at radius 3 is 2.17 bits per heavy atom. The van der Waals surface area contributed by atoms with Crippen LogP contribution in [0.5, 0.6) is 5.75 Å². The van der Waals surface area contributed by atoms with Crippen LogP contribution in [0.2, 0.25) is 0 Å². The molecule has 1 aliphatic heterocycles. The van der Waals surface area contributed by atoms with Gasteiger partial charge >= 0.3 is 11.9 Å². The van der Waals surface area contributed by atoms with Crippen molar-refractivity contribution < 1.29 is 23.8 Å². The summed E-state index contributed by atoms with van der Waals surface area (Å²) in [5, 5.41) is 11.1. The highest BCUT2D eigenvalue weighted by atomic mass is 79.9. The molecule has 4 rings (SSSR count). The predicted molar refractivity (Wildman–Crippen MR) is 179 cm³/mol. The zero-order valence-corrected chi connectivity index (χ0v) is 29.4. The van der Waals surface area contributed by atoms with Gasteiger partial charge in [-0.05, 0) is 93.9 Å². The van der Waals surface area contributed by atoms with Crippen LogP contribution in [-0.2, 0) is 9.53 Å². The fraction of sp³-hybridized carbons (Fsp3) is 0.344.